The van der Waals surface area contributed by atoms with Crippen LogP contribution in [0, 0.1) is 5.41 Å². The van der Waals surface area contributed by atoms with Crippen molar-refractivity contribution in [1.29, 1.82) is 0 Å². The lowest BCUT2D eigenvalue weighted by Gasteiger charge is -2.14. The van der Waals surface area contributed by atoms with E-state index in [9.17, 15) is 9.59 Å². The molecule has 0 aliphatic carbocycles. The molecule has 1 unspecified atom stereocenters. The molecule has 0 aliphatic rings. The summed E-state index contributed by atoms with van der Waals surface area (Å²) in [6.07, 6.45) is 4.32. The van der Waals surface area contributed by atoms with Crippen molar-refractivity contribution in [1.82, 2.24) is 0 Å². The van der Waals surface area contributed by atoms with E-state index >= 15 is 0 Å². The molecule has 0 bridgehead atoms. The molecule has 2 nitrogen and oxygen atoms in total. The van der Waals surface area contributed by atoms with Gasteiger partial charge >= 0.3 is 0 Å². The highest BCUT2D eigenvalue weighted by Crippen LogP contribution is 2.20. The van der Waals surface area contributed by atoms with Crippen molar-refractivity contribution in [2.75, 3.05) is 0 Å². The lowest BCUT2D eigenvalue weighted by molar-refractivity contribution is 0.408. The summed E-state index contributed by atoms with van der Waals surface area (Å²) in [6.45, 7) is 3.55. The Bertz CT molecular complexity index is 109. The molecule has 0 spiro atoms. The van der Waals surface area contributed by atoms with Crippen molar-refractivity contribution < 1.29 is 9.59 Å². The Morgan fingerprint density at radius 3 is 2.11 bits per heavy atom. The Labute approximate surface area is 55.3 Å². The monoisotopic (exact) mass is 126 g/mol. The van der Waals surface area contributed by atoms with Crippen molar-refractivity contribution in [3.63, 3.8) is 0 Å². The highest BCUT2D eigenvalue weighted by Gasteiger charge is 2.21. The van der Waals surface area contributed by atoms with Crippen LogP contribution < -0.4 is 0 Å². The molecule has 0 rings (SSSR count). The van der Waals surface area contributed by atoms with E-state index in [1.807, 2.05) is 13.2 Å². The average Bonchev–Trinajstić information content (AvgIpc) is 1.89. The average molecular weight is 126 g/mol. The topological polar surface area (TPSA) is 34.1 Å². The van der Waals surface area contributed by atoms with Crippen LogP contribution in [0.5, 0.6) is 0 Å². The van der Waals surface area contributed by atoms with Gasteiger partial charge in [0.2, 0.25) is 6.29 Å². The summed E-state index contributed by atoms with van der Waals surface area (Å²) in [4.78, 5) is 20.0. The van der Waals surface area contributed by atoms with Gasteiger partial charge in [-0.05, 0) is 6.42 Å². The zero-order valence-corrected chi connectivity index (χ0v) is 5.73. The molecule has 1 atom stereocenters. The highest BCUT2D eigenvalue weighted by molar-refractivity contribution is 5.66. The fraction of sp³-hybridized carbons (Fsp3) is 0.714. The van der Waals surface area contributed by atoms with Crippen molar-refractivity contribution in [3.8, 4) is 0 Å². The van der Waals surface area contributed by atoms with Crippen LogP contribution in [0.1, 0.15) is 26.7 Å². The normalized spacial score (nSPS) is 16.2. The Balaban J connectivity index is 3.90. The molecule has 0 heterocycles. The molecule has 0 aromatic heterocycles. The third-order valence-electron chi connectivity index (χ3n) is 1.49. The molecule has 0 aliphatic heterocycles. The van der Waals surface area contributed by atoms with Crippen molar-refractivity contribution in [3.05, 3.63) is 0 Å². The zero-order chi connectivity index (χ0) is 7.33. The number of hydrogen-bond acceptors (Lipinski definition) is 2. The van der Waals surface area contributed by atoms with Crippen LogP contribution in [0.25, 0.3) is 0 Å². The van der Waals surface area contributed by atoms with Gasteiger partial charge in [0, 0.05) is 11.8 Å². The predicted octanol–water partition coefficient (Wildman–Crippen LogP) is 1.01. The minimum absolute atomic E-state index is 0.160. The molecule has 0 fully saturated rings. The molecule has 0 amide bonds. The van der Waals surface area contributed by atoms with Crippen LogP contribution in [0.3, 0.4) is 0 Å². The van der Waals surface area contributed by atoms with Gasteiger partial charge in [-0.3, -0.25) is 9.59 Å². The molecule has 2 heteroatoms. The van der Waals surface area contributed by atoms with E-state index in [4.69, 9.17) is 0 Å². The summed E-state index contributed by atoms with van der Waals surface area (Å²) in [5.74, 6) is 0. The number of rotatable bonds is 4. The first-order valence-electron chi connectivity index (χ1n) is 2.93. The third kappa shape index (κ3) is 2.40. The maximum atomic E-state index is 10.1. The summed E-state index contributed by atoms with van der Waals surface area (Å²) < 4.78 is 0. The molecule has 0 N–H and O–H groups in total. The molecular formula is C7H10O2. The van der Waals surface area contributed by atoms with Crippen molar-refractivity contribution in [2.45, 2.75) is 26.7 Å². The molecule has 0 saturated carbocycles. The zero-order valence-electron chi connectivity index (χ0n) is 5.73. The quantitative estimate of drug-likeness (QED) is 0.563. The second kappa shape index (κ2) is 3.38. The highest BCUT2D eigenvalue weighted by atomic mass is 16.1. The van der Waals surface area contributed by atoms with Crippen LogP contribution >= 0.6 is 0 Å². The van der Waals surface area contributed by atoms with Crippen LogP contribution in [0.2, 0.25) is 0 Å². The van der Waals surface area contributed by atoms with Gasteiger partial charge in [-0.2, -0.15) is 0 Å². The lowest BCUT2D eigenvalue weighted by Crippen LogP contribution is -2.16. The van der Waals surface area contributed by atoms with E-state index < -0.39 is 5.41 Å². The van der Waals surface area contributed by atoms with E-state index in [0.717, 1.165) is 0 Å². The summed E-state index contributed by atoms with van der Waals surface area (Å²) in [5, 5.41) is 0. The minimum Gasteiger partial charge on any atom is -0.291 e. The first kappa shape index (κ1) is 8.34. The fourth-order valence-electron chi connectivity index (χ4n) is 0.393. The van der Waals surface area contributed by atoms with Crippen LogP contribution in [0.15, 0.2) is 0 Å². The maximum absolute atomic E-state index is 10.1. The maximum Gasteiger partial charge on any atom is 0.205 e. The largest absolute Gasteiger partial charge is 0.291 e. The van der Waals surface area contributed by atoms with Crippen molar-refractivity contribution in [2.24, 2.45) is 5.41 Å². The predicted molar refractivity (Wildman–Crippen MR) is 34.4 cm³/mol. The van der Waals surface area contributed by atoms with E-state index in [2.05, 4.69) is 0 Å². The molecular weight excluding hydrogens is 116 g/mol. The third-order valence-corrected chi connectivity index (χ3v) is 1.49. The first-order chi connectivity index (χ1) is 4.18. The molecule has 0 aromatic carbocycles. The van der Waals surface area contributed by atoms with Gasteiger partial charge in [-0.25, -0.2) is 0 Å². The second-order valence-corrected chi connectivity index (χ2v) is 2.34. The minimum atomic E-state index is -0.595. The smallest absolute Gasteiger partial charge is 0.205 e. The van der Waals surface area contributed by atoms with Gasteiger partial charge in [0.15, 0.2) is 6.29 Å². The molecule has 0 aromatic rings. The summed E-state index contributed by atoms with van der Waals surface area (Å²) in [5.41, 5.74) is -0.595. The fourth-order valence-corrected chi connectivity index (χ4v) is 0.393. The van der Waals surface area contributed by atoms with Crippen LogP contribution in [-0.4, -0.2) is 12.6 Å². The van der Waals surface area contributed by atoms with Crippen LogP contribution in [-0.2, 0) is 9.59 Å². The van der Waals surface area contributed by atoms with Crippen LogP contribution in [0.4, 0.5) is 0 Å². The summed E-state index contributed by atoms with van der Waals surface area (Å²) in [7, 11) is 0. The number of carbonyl (C=O) groups excluding carboxylic acids is 2. The molecule has 2 radical (unpaired) electrons. The van der Waals surface area contributed by atoms with Crippen molar-refractivity contribution >= 4 is 12.6 Å². The molecule has 0 saturated heterocycles. The first-order valence-corrected chi connectivity index (χ1v) is 2.93. The lowest BCUT2D eigenvalue weighted by atomic mass is 9.87. The van der Waals surface area contributed by atoms with Gasteiger partial charge < -0.3 is 0 Å². The van der Waals surface area contributed by atoms with Gasteiger partial charge in [-0.15, -0.1) is 0 Å². The van der Waals surface area contributed by atoms with E-state index in [1.54, 1.807) is 13.2 Å². The summed E-state index contributed by atoms with van der Waals surface area (Å²) >= 11 is 0. The Morgan fingerprint density at radius 2 is 2.00 bits per heavy atom. The van der Waals surface area contributed by atoms with E-state index in [1.165, 1.54) is 0 Å². The Morgan fingerprint density at radius 1 is 1.44 bits per heavy atom. The van der Waals surface area contributed by atoms with Gasteiger partial charge in [0.1, 0.15) is 0 Å². The summed E-state index contributed by atoms with van der Waals surface area (Å²) in [6, 6.07) is 0. The molecule has 50 valence electrons. The number of hydrogen-bond donors (Lipinski definition) is 0. The van der Waals surface area contributed by atoms with Gasteiger partial charge in [-0.1, -0.05) is 13.8 Å². The Hall–Kier alpha value is -0.660. The Kier molecular flexibility index (Phi) is 3.13. The standard InChI is InChI=1S/C7H10O2/c1-3-7(2,6-9)4-5-8/h3-4H2,1-2H3. The second-order valence-electron chi connectivity index (χ2n) is 2.34. The molecule has 9 heavy (non-hydrogen) atoms. The van der Waals surface area contributed by atoms with E-state index in [0.29, 0.717) is 6.42 Å². The SMILES string of the molecule is CCC(C)([C]=O)C[C]=O. The van der Waals surface area contributed by atoms with Gasteiger partial charge in [0.25, 0.3) is 0 Å². The van der Waals surface area contributed by atoms with Gasteiger partial charge in [0.05, 0.1) is 0 Å². The van der Waals surface area contributed by atoms with E-state index in [-0.39, 0.29) is 6.42 Å².